The minimum absolute atomic E-state index is 0.0117. The lowest BCUT2D eigenvalue weighted by Crippen LogP contribution is -2.29. The van der Waals surface area contributed by atoms with Gasteiger partial charge in [0.05, 0.1) is 32.0 Å². The van der Waals surface area contributed by atoms with Crippen molar-refractivity contribution in [2.45, 2.75) is 193 Å². The minimum atomic E-state index is -4.89. The topological polar surface area (TPSA) is 236 Å². The number of hydrogen-bond donors (Lipinski definition) is 6. The van der Waals surface area contributed by atoms with E-state index in [-0.39, 0.29) is 12.8 Å². The summed E-state index contributed by atoms with van der Waals surface area (Å²) in [4.78, 5) is 52.8. The van der Waals surface area contributed by atoms with Crippen LogP contribution in [-0.4, -0.2) is 92.8 Å². The molecule has 0 spiro atoms. The highest BCUT2D eigenvalue weighted by Gasteiger charge is 2.28. The third-order valence-electron chi connectivity index (χ3n) is 9.96. The number of phosphoric ester groups is 2. The van der Waals surface area contributed by atoms with Crippen LogP contribution in [0.4, 0.5) is 0 Å². The molecule has 66 heavy (non-hydrogen) atoms. The Hall–Kier alpha value is -2.52. The van der Waals surface area contributed by atoms with E-state index >= 15 is 0 Å². The van der Waals surface area contributed by atoms with Gasteiger partial charge in [-0.1, -0.05) is 190 Å². The van der Waals surface area contributed by atoms with E-state index in [1.54, 1.807) is 42.5 Å². The van der Waals surface area contributed by atoms with E-state index in [0.717, 1.165) is 38.0 Å². The van der Waals surface area contributed by atoms with Crippen molar-refractivity contribution in [3.8, 4) is 0 Å². The Bertz CT molecular complexity index is 1490. The Balaban J connectivity index is 4.66. The van der Waals surface area contributed by atoms with Crippen LogP contribution >= 0.6 is 15.6 Å². The molecule has 0 aliphatic carbocycles. The summed E-state index contributed by atoms with van der Waals surface area (Å²) >= 11 is 0. The normalized spacial score (nSPS) is 15.5. The second kappa shape index (κ2) is 42.6. The summed E-state index contributed by atoms with van der Waals surface area (Å²) in [5.41, 5.74) is 0. The molecule has 0 bridgehead atoms. The molecule has 0 aliphatic rings. The number of phosphoric acid groups is 2. The number of hydrogen-bond acceptors (Lipinski definition) is 12. The molecule has 0 radical (unpaired) electrons. The minimum Gasteiger partial charge on any atom is -0.462 e. The molecule has 1 unspecified atom stereocenters. The zero-order valence-electron chi connectivity index (χ0n) is 40.2. The number of rotatable bonds is 44. The van der Waals surface area contributed by atoms with E-state index in [4.69, 9.17) is 23.8 Å². The fourth-order valence-corrected chi connectivity index (χ4v) is 7.42. The molecule has 0 aromatic carbocycles. The molecule has 0 fully saturated rings. The zero-order valence-corrected chi connectivity index (χ0v) is 41.9. The number of unbranched alkanes of at least 4 members (excludes halogenated alkanes) is 14. The summed E-state index contributed by atoms with van der Waals surface area (Å²) in [6.07, 6.45) is 39.7. The van der Waals surface area contributed by atoms with Crippen LogP contribution in [0.2, 0.25) is 0 Å². The molecule has 0 saturated carbocycles. The van der Waals surface area contributed by atoms with E-state index in [9.17, 15) is 38.9 Å². The number of ether oxygens (including phenoxy) is 2. The summed E-state index contributed by atoms with van der Waals surface area (Å²) in [7, 11) is -9.74. The maximum absolute atomic E-state index is 12.7. The van der Waals surface area contributed by atoms with Gasteiger partial charge in [-0.3, -0.25) is 23.2 Å². The number of carbonyl (C=O) groups is 2. The second-order valence-electron chi connectivity index (χ2n) is 16.9. The summed E-state index contributed by atoms with van der Waals surface area (Å²) in [5, 5.41) is 29.7. The third-order valence-corrected chi connectivity index (χ3v) is 11.4. The predicted molar refractivity (Wildman–Crippen MR) is 260 cm³/mol. The van der Waals surface area contributed by atoms with Crippen molar-refractivity contribution in [3.63, 3.8) is 0 Å². The van der Waals surface area contributed by atoms with Gasteiger partial charge in [0.15, 0.2) is 6.10 Å². The van der Waals surface area contributed by atoms with Gasteiger partial charge in [0.2, 0.25) is 0 Å². The first-order chi connectivity index (χ1) is 31.5. The van der Waals surface area contributed by atoms with Crippen LogP contribution in [0, 0.1) is 5.92 Å². The fourth-order valence-electron chi connectivity index (χ4n) is 6.26. The molecule has 382 valence electrons. The standard InChI is InChI=1S/C49H86O15P2/c1-4-5-25-33-44(50)35-28-23-24-29-36-45(51)34-27-20-17-18-21-30-37-48(53)60-41-47(42-63-66(58,59)62-40-46(52)39-61-65(55,56)57)64-49(54)38-31-22-16-14-12-10-8-6-7-9-11-13-15-19-26-32-43(2)3/h5,18,20-21,23-25,27-29,35-36,43-47,50-52H,4,6-17,19,22,26,30-34,37-42H2,1-3H3,(H,58,59)(H2,55,56,57)/b21-18-,24-23-,25-5-,27-20-,35-28+,36-29+/t44-,45+,46+,47-/m1/s1. The van der Waals surface area contributed by atoms with Crippen LogP contribution in [0.25, 0.3) is 0 Å². The Labute approximate surface area is 396 Å². The fraction of sp³-hybridized carbons (Fsp3) is 0.714. The van der Waals surface area contributed by atoms with Crippen LogP contribution in [0.15, 0.2) is 72.9 Å². The van der Waals surface area contributed by atoms with E-state index in [0.29, 0.717) is 32.1 Å². The van der Waals surface area contributed by atoms with Crippen molar-refractivity contribution in [3.05, 3.63) is 72.9 Å². The molecule has 17 heteroatoms. The van der Waals surface area contributed by atoms with E-state index in [1.165, 1.54) is 70.6 Å². The van der Waals surface area contributed by atoms with Crippen LogP contribution in [-0.2, 0) is 41.8 Å². The highest BCUT2D eigenvalue weighted by molar-refractivity contribution is 7.47. The zero-order chi connectivity index (χ0) is 49.2. The molecule has 0 aromatic rings. The molecule has 0 amide bonds. The summed E-state index contributed by atoms with van der Waals surface area (Å²) < 4.78 is 47.8. The van der Waals surface area contributed by atoms with Gasteiger partial charge in [0, 0.05) is 12.8 Å². The van der Waals surface area contributed by atoms with Crippen LogP contribution in [0.3, 0.4) is 0 Å². The molecule has 5 atom stereocenters. The number of aliphatic hydroxyl groups excluding tert-OH is 3. The lowest BCUT2D eigenvalue weighted by molar-refractivity contribution is -0.161. The highest BCUT2D eigenvalue weighted by Crippen LogP contribution is 2.43. The van der Waals surface area contributed by atoms with Crippen molar-refractivity contribution < 1.29 is 71.8 Å². The van der Waals surface area contributed by atoms with Gasteiger partial charge in [0.25, 0.3) is 0 Å². The lowest BCUT2D eigenvalue weighted by Gasteiger charge is -2.20. The van der Waals surface area contributed by atoms with E-state index < -0.39 is 78.4 Å². The van der Waals surface area contributed by atoms with Crippen molar-refractivity contribution >= 4 is 27.6 Å². The quantitative estimate of drug-likeness (QED) is 0.0109. The monoisotopic (exact) mass is 977 g/mol. The van der Waals surface area contributed by atoms with Gasteiger partial charge < -0.3 is 39.5 Å². The van der Waals surface area contributed by atoms with Gasteiger partial charge in [0.1, 0.15) is 12.7 Å². The molecular formula is C49H86O15P2. The van der Waals surface area contributed by atoms with Crippen LogP contribution in [0.1, 0.15) is 168 Å². The first kappa shape index (κ1) is 63.5. The number of esters is 2. The van der Waals surface area contributed by atoms with Crippen molar-refractivity contribution in [1.29, 1.82) is 0 Å². The lowest BCUT2D eigenvalue weighted by atomic mass is 10.0. The first-order valence-corrected chi connectivity index (χ1v) is 27.2. The number of allylic oxidation sites excluding steroid dienone is 8. The average molecular weight is 977 g/mol. The molecule has 0 saturated heterocycles. The number of aliphatic hydroxyl groups is 3. The molecule has 6 N–H and O–H groups in total. The van der Waals surface area contributed by atoms with Crippen molar-refractivity contribution in [2.75, 3.05) is 26.4 Å². The summed E-state index contributed by atoms with van der Waals surface area (Å²) in [5.74, 6) is -0.393. The molecule has 0 aliphatic heterocycles. The largest absolute Gasteiger partial charge is 0.472 e. The maximum Gasteiger partial charge on any atom is 0.472 e. The second-order valence-corrected chi connectivity index (χ2v) is 19.6. The summed E-state index contributed by atoms with van der Waals surface area (Å²) in [6.45, 7) is 3.72. The Morgan fingerprint density at radius 1 is 0.545 bits per heavy atom. The van der Waals surface area contributed by atoms with Crippen molar-refractivity contribution in [1.82, 2.24) is 0 Å². The Kier molecular flexibility index (Phi) is 40.9. The van der Waals surface area contributed by atoms with Crippen molar-refractivity contribution in [2.24, 2.45) is 5.92 Å². The Morgan fingerprint density at radius 2 is 1.03 bits per heavy atom. The van der Waals surface area contributed by atoms with Gasteiger partial charge >= 0.3 is 27.6 Å². The highest BCUT2D eigenvalue weighted by atomic mass is 31.2. The predicted octanol–water partition coefficient (Wildman–Crippen LogP) is 10.8. The van der Waals surface area contributed by atoms with Gasteiger partial charge in [-0.25, -0.2) is 9.13 Å². The average Bonchev–Trinajstić information content (AvgIpc) is 3.26. The van der Waals surface area contributed by atoms with Gasteiger partial charge in [-0.05, 0) is 44.4 Å². The molecular weight excluding hydrogens is 890 g/mol. The van der Waals surface area contributed by atoms with Gasteiger partial charge in [-0.15, -0.1) is 0 Å². The smallest absolute Gasteiger partial charge is 0.462 e. The first-order valence-electron chi connectivity index (χ1n) is 24.2. The Morgan fingerprint density at radius 3 is 1.56 bits per heavy atom. The molecule has 0 rings (SSSR count). The number of carbonyl (C=O) groups excluding carboxylic acids is 2. The van der Waals surface area contributed by atoms with Crippen LogP contribution < -0.4 is 0 Å². The molecule has 0 aromatic heterocycles. The van der Waals surface area contributed by atoms with E-state index in [1.807, 2.05) is 37.3 Å². The van der Waals surface area contributed by atoms with Gasteiger partial charge in [-0.2, -0.15) is 0 Å². The third kappa shape index (κ3) is 46.6. The SMILES string of the molecule is CC/C=C\C[C@@H](O)/C=C/C=C\C=C\[C@@H](O)C/C=C\C/C=C\CCC(=O)OC[C@H](COP(=O)(O)OC[C@@H](O)COP(=O)(O)O)OC(=O)CCCCCCCCCCCCCCCCCC(C)C. The summed E-state index contributed by atoms with van der Waals surface area (Å²) in [6, 6.07) is 0. The molecule has 0 heterocycles. The maximum atomic E-state index is 12.7. The molecule has 15 nitrogen and oxygen atoms in total. The van der Waals surface area contributed by atoms with Crippen LogP contribution in [0.5, 0.6) is 0 Å². The van der Waals surface area contributed by atoms with E-state index in [2.05, 4.69) is 22.9 Å².